The zero-order valence-electron chi connectivity index (χ0n) is 22.8. The molecule has 0 aliphatic carbocycles. The van der Waals surface area contributed by atoms with Crippen LogP contribution in [0.2, 0.25) is 0 Å². The zero-order chi connectivity index (χ0) is 27.7. The number of pyridine rings is 1. The van der Waals surface area contributed by atoms with Crippen molar-refractivity contribution in [3.63, 3.8) is 0 Å². The van der Waals surface area contributed by atoms with E-state index in [1.54, 1.807) is 26.4 Å². The van der Waals surface area contributed by atoms with E-state index in [-0.39, 0.29) is 11.5 Å². The van der Waals surface area contributed by atoms with Crippen molar-refractivity contribution >= 4 is 34.7 Å². The second kappa shape index (κ2) is 12.9. The number of fused-ring (bicyclic) bond motifs is 1. The van der Waals surface area contributed by atoms with Crippen LogP contribution in [0.3, 0.4) is 0 Å². The first-order chi connectivity index (χ1) is 18.2. The van der Waals surface area contributed by atoms with E-state index >= 15 is 0 Å². The van der Waals surface area contributed by atoms with Crippen molar-refractivity contribution in [2.24, 2.45) is 0 Å². The van der Waals surface area contributed by atoms with Gasteiger partial charge >= 0.3 is 5.97 Å². The van der Waals surface area contributed by atoms with E-state index in [0.717, 1.165) is 24.8 Å². The molecule has 11 heteroatoms. The van der Waals surface area contributed by atoms with Gasteiger partial charge < -0.3 is 30.2 Å². The number of benzene rings is 1. The molecule has 204 valence electrons. The summed E-state index contributed by atoms with van der Waals surface area (Å²) in [6.45, 7) is 6.42. The topological polar surface area (TPSA) is 137 Å². The Morgan fingerprint density at radius 3 is 2.53 bits per heavy atom. The highest BCUT2D eigenvalue weighted by Crippen LogP contribution is 2.28. The summed E-state index contributed by atoms with van der Waals surface area (Å²) in [5.41, 5.74) is 1.62. The molecule has 1 aromatic carbocycles. The highest BCUT2D eigenvalue weighted by molar-refractivity contribution is 5.95. The number of anilines is 2. The monoisotopic (exact) mass is 524 g/mol. The number of nitrogens with zero attached hydrogens (tertiary/aromatic N) is 3. The van der Waals surface area contributed by atoms with Crippen LogP contribution in [0.4, 0.5) is 11.8 Å². The van der Waals surface area contributed by atoms with Gasteiger partial charge in [0.05, 0.1) is 37.9 Å². The van der Waals surface area contributed by atoms with Gasteiger partial charge in [-0.3, -0.25) is 4.79 Å². The minimum absolute atomic E-state index is 0.112. The Morgan fingerprint density at radius 1 is 1.08 bits per heavy atom. The van der Waals surface area contributed by atoms with Crippen LogP contribution in [-0.4, -0.2) is 60.2 Å². The molecule has 0 aliphatic rings. The summed E-state index contributed by atoms with van der Waals surface area (Å²) in [6, 6.07) is 7.18. The van der Waals surface area contributed by atoms with Crippen LogP contribution in [0, 0.1) is 0 Å². The van der Waals surface area contributed by atoms with Gasteiger partial charge in [-0.05, 0) is 31.5 Å². The Kier molecular flexibility index (Phi) is 9.64. The van der Waals surface area contributed by atoms with Gasteiger partial charge in [-0.1, -0.05) is 19.8 Å². The SMILES string of the molecule is CCCC[C@](C)(CNC(C)=O)Nc1nc(NCc2ccc(OC)cc2OC)nc2cc(C(=O)OC)cnc12. The van der Waals surface area contributed by atoms with Crippen LogP contribution in [0.1, 0.15) is 56.0 Å². The van der Waals surface area contributed by atoms with Gasteiger partial charge in [-0.15, -0.1) is 0 Å². The van der Waals surface area contributed by atoms with Gasteiger partial charge in [0.25, 0.3) is 0 Å². The third-order valence-corrected chi connectivity index (χ3v) is 6.12. The van der Waals surface area contributed by atoms with E-state index in [2.05, 4.69) is 32.8 Å². The van der Waals surface area contributed by atoms with Crippen molar-refractivity contribution in [2.45, 2.75) is 52.1 Å². The van der Waals surface area contributed by atoms with Crippen molar-refractivity contribution in [2.75, 3.05) is 38.5 Å². The van der Waals surface area contributed by atoms with Crippen molar-refractivity contribution < 1.29 is 23.8 Å². The average molecular weight is 525 g/mol. The summed E-state index contributed by atoms with van der Waals surface area (Å²) in [5.74, 6) is 1.54. The number of hydrogen-bond acceptors (Lipinski definition) is 10. The minimum Gasteiger partial charge on any atom is -0.497 e. The first kappa shape index (κ1) is 28.4. The van der Waals surface area contributed by atoms with E-state index in [1.807, 2.05) is 19.1 Å². The number of rotatable bonds is 13. The number of ether oxygens (including phenoxy) is 3. The molecule has 1 atom stereocenters. The molecule has 0 unspecified atom stereocenters. The Hall–Kier alpha value is -4.15. The Balaban J connectivity index is 2.01. The molecule has 0 fully saturated rings. The molecule has 3 rings (SSSR count). The molecule has 2 aromatic heterocycles. The molecule has 0 spiro atoms. The number of hydrogen-bond donors (Lipinski definition) is 3. The molecule has 38 heavy (non-hydrogen) atoms. The molecule has 0 aliphatic heterocycles. The molecule has 1 amide bonds. The molecule has 3 aromatic rings. The fourth-order valence-electron chi connectivity index (χ4n) is 3.95. The van der Waals surface area contributed by atoms with Gasteiger partial charge in [-0.25, -0.2) is 14.8 Å². The number of unbranched alkanes of at least 4 members (excludes halogenated alkanes) is 1. The lowest BCUT2D eigenvalue weighted by Gasteiger charge is -2.32. The molecule has 0 radical (unpaired) electrons. The predicted octanol–water partition coefficient (Wildman–Crippen LogP) is 3.94. The van der Waals surface area contributed by atoms with Crippen LogP contribution in [0.15, 0.2) is 30.5 Å². The van der Waals surface area contributed by atoms with Crippen LogP contribution < -0.4 is 25.4 Å². The number of nitrogens with one attached hydrogen (secondary N) is 3. The Morgan fingerprint density at radius 2 is 1.87 bits per heavy atom. The Bertz CT molecular complexity index is 1280. The summed E-state index contributed by atoms with van der Waals surface area (Å²) >= 11 is 0. The molecular weight excluding hydrogens is 488 g/mol. The molecule has 0 saturated carbocycles. The minimum atomic E-state index is -0.511. The summed E-state index contributed by atoms with van der Waals surface area (Å²) < 4.78 is 15.6. The lowest BCUT2D eigenvalue weighted by molar-refractivity contribution is -0.119. The summed E-state index contributed by atoms with van der Waals surface area (Å²) in [6.07, 6.45) is 4.18. The zero-order valence-corrected chi connectivity index (χ0v) is 22.8. The second-order valence-electron chi connectivity index (χ2n) is 9.21. The van der Waals surface area contributed by atoms with Gasteiger partial charge in [0.1, 0.15) is 17.0 Å². The lowest BCUT2D eigenvalue weighted by Crippen LogP contribution is -2.46. The second-order valence-corrected chi connectivity index (χ2v) is 9.21. The number of amides is 1. The number of esters is 1. The maximum absolute atomic E-state index is 12.2. The van der Waals surface area contributed by atoms with Crippen molar-refractivity contribution in [3.8, 4) is 11.5 Å². The average Bonchev–Trinajstić information content (AvgIpc) is 2.93. The van der Waals surface area contributed by atoms with Gasteiger partial charge in [0, 0.05) is 37.8 Å². The maximum Gasteiger partial charge on any atom is 0.339 e. The largest absolute Gasteiger partial charge is 0.497 e. The highest BCUT2D eigenvalue weighted by Gasteiger charge is 2.26. The normalized spacial score (nSPS) is 12.4. The first-order valence-electron chi connectivity index (χ1n) is 12.5. The fraction of sp³-hybridized carbons (Fsp3) is 0.444. The van der Waals surface area contributed by atoms with Gasteiger partial charge in [0.2, 0.25) is 11.9 Å². The lowest BCUT2D eigenvalue weighted by atomic mass is 9.94. The van der Waals surface area contributed by atoms with E-state index in [4.69, 9.17) is 19.2 Å². The number of aromatic nitrogens is 3. The predicted molar refractivity (Wildman–Crippen MR) is 146 cm³/mol. The van der Waals surface area contributed by atoms with Gasteiger partial charge in [0.15, 0.2) is 5.82 Å². The highest BCUT2D eigenvalue weighted by atomic mass is 16.5. The van der Waals surface area contributed by atoms with Crippen molar-refractivity contribution in [3.05, 3.63) is 41.6 Å². The summed E-state index contributed by atoms with van der Waals surface area (Å²) in [5, 5.41) is 9.66. The number of methoxy groups -OCH3 is 3. The van der Waals surface area contributed by atoms with Crippen LogP contribution in [-0.2, 0) is 16.1 Å². The van der Waals surface area contributed by atoms with Crippen molar-refractivity contribution in [1.82, 2.24) is 20.3 Å². The van der Waals surface area contributed by atoms with Crippen LogP contribution in [0.5, 0.6) is 11.5 Å². The quantitative estimate of drug-likeness (QED) is 0.282. The molecule has 3 N–H and O–H groups in total. The van der Waals surface area contributed by atoms with E-state index in [0.29, 0.717) is 47.4 Å². The van der Waals surface area contributed by atoms with Crippen LogP contribution in [0.25, 0.3) is 11.0 Å². The molecule has 0 bridgehead atoms. The number of carbonyl (C=O) groups is 2. The van der Waals surface area contributed by atoms with E-state index in [1.165, 1.54) is 20.2 Å². The number of carbonyl (C=O) groups excluding carboxylic acids is 2. The van der Waals surface area contributed by atoms with E-state index < -0.39 is 11.5 Å². The van der Waals surface area contributed by atoms with Crippen molar-refractivity contribution in [1.29, 1.82) is 0 Å². The third-order valence-electron chi connectivity index (χ3n) is 6.12. The molecule has 2 heterocycles. The summed E-state index contributed by atoms with van der Waals surface area (Å²) in [4.78, 5) is 37.7. The molecular formula is C27H36N6O5. The first-order valence-corrected chi connectivity index (χ1v) is 12.5. The summed E-state index contributed by atoms with van der Waals surface area (Å²) in [7, 11) is 4.51. The maximum atomic E-state index is 12.2. The van der Waals surface area contributed by atoms with Crippen LogP contribution >= 0.6 is 0 Å². The van der Waals surface area contributed by atoms with Gasteiger partial charge in [-0.2, -0.15) is 4.98 Å². The molecule has 0 saturated heterocycles. The Labute approximate surface area is 222 Å². The van der Waals surface area contributed by atoms with E-state index in [9.17, 15) is 9.59 Å². The third kappa shape index (κ3) is 7.21. The standard InChI is InChI=1S/C27H36N6O5/c1-7-8-11-27(3,16-30-17(2)34)33-24-23-21(12-19(15-28-23)25(35)38-6)31-26(32-24)29-14-18-9-10-20(36-4)13-22(18)37-5/h9-10,12-13,15H,7-8,11,14,16H2,1-6H3,(H,30,34)(H2,29,31,32,33)/t27-/m1/s1. The molecule has 11 nitrogen and oxygen atoms in total. The fourth-order valence-corrected chi connectivity index (χ4v) is 3.95. The smallest absolute Gasteiger partial charge is 0.339 e.